The highest BCUT2D eigenvalue weighted by Crippen LogP contribution is 2.30. The molecule has 6 nitrogen and oxygen atoms in total. The number of nitrogens with zero attached hydrogens (tertiary/aromatic N) is 2. The van der Waals surface area contributed by atoms with Crippen LogP contribution in [0, 0.1) is 5.82 Å². The van der Waals surface area contributed by atoms with E-state index >= 15 is 0 Å². The Kier molecular flexibility index (Phi) is 2.91. The number of aromatic nitrogens is 1. The molecule has 0 bridgehead atoms. The first kappa shape index (κ1) is 13.5. The maximum atomic E-state index is 13.9. The number of fused-ring (bicyclic) bond motifs is 1. The van der Waals surface area contributed by atoms with Crippen molar-refractivity contribution in [1.29, 1.82) is 0 Å². The number of anilines is 1. The third-order valence-corrected chi connectivity index (χ3v) is 4.87. The fraction of sp³-hybridized carbons (Fsp3) is 0.0769. The highest BCUT2D eigenvalue weighted by molar-refractivity contribution is 7.90. The van der Waals surface area contributed by atoms with Crippen LogP contribution in [-0.4, -0.2) is 23.6 Å². The topological polar surface area (TPSA) is 93.4 Å². The monoisotopic (exact) mass is 307 g/mol. The van der Waals surface area contributed by atoms with E-state index in [1.54, 1.807) is 0 Å². The molecule has 1 aliphatic heterocycles. The number of benzene rings is 1. The molecular formula is C13H10FN3O3S. The van der Waals surface area contributed by atoms with Gasteiger partial charge in [-0.15, -0.1) is 0 Å². The number of halogens is 1. The number of nitrogen functional groups attached to an aromatic ring is 1. The fourth-order valence-corrected chi connectivity index (χ4v) is 3.60. The smallest absolute Gasteiger partial charge is 0.285 e. The van der Waals surface area contributed by atoms with Crippen molar-refractivity contribution in [3.8, 4) is 0 Å². The van der Waals surface area contributed by atoms with E-state index in [0.717, 1.165) is 0 Å². The minimum Gasteiger partial charge on any atom is -0.396 e. The quantitative estimate of drug-likeness (QED) is 0.840. The molecule has 1 aliphatic rings. The van der Waals surface area contributed by atoms with Crippen molar-refractivity contribution >= 4 is 21.6 Å². The predicted octanol–water partition coefficient (Wildman–Crippen LogP) is 1.15. The van der Waals surface area contributed by atoms with Crippen molar-refractivity contribution in [1.82, 2.24) is 9.29 Å². The fourth-order valence-electron chi connectivity index (χ4n) is 2.14. The standard InChI is InChI=1S/C13H10FN3O3S/c14-11-8(3-1-5-10(11)15)7-17-13(18)9-4-2-6-16-12(9)21(17,19)20/h1-6H,7,15H2. The van der Waals surface area contributed by atoms with E-state index in [1.165, 1.54) is 36.5 Å². The molecule has 21 heavy (non-hydrogen) atoms. The highest BCUT2D eigenvalue weighted by Gasteiger charge is 2.42. The van der Waals surface area contributed by atoms with Gasteiger partial charge in [-0.05, 0) is 18.2 Å². The summed E-state index contributed by atoms with van der Waals surface area (Å²) in [4.78, 5) is 15.9. The lowest BCUT2D eigenvalue weighted by atomic mass is 10.2. The molecule has 8 heteroatoms. The largest absolute Gasteiger partial charge is 0.396 e. The summed E-state index contributed by atoms with van der Waals surface area (Å²) in [5.41, 5.74) is 5.35. The van der Waals surface area contributed by atoms with Crippen molar-refractivity contribution in [2.24, 2.45) is 0 Å². The molecule has 2 aromatic rings. The van der Waals surface area contributed by atoms with E-state index in [0.29, 0.717) is 4.31 Å². The van der Waals surface area contributed by atoms with Crippen LogP contribution >= 0.6 is 0 Å². The Labute approximate surface area is 120 Å². The molecule has 108 valence electrons. The van der Waals surface area contributed by atoms with Crippen LogP contribution in [0.1, 0.15) is 15.9 Å². The Hall–Kier alpha value is -2.48. The molecule has 0 radical (unpaired) electrons. The molecule has 2 heterocycles. The Morgan fingerprint density at radius 1 is 1.24 bits per heavy atom. The van der Waals surface area contributed by atoms with Gasteiger partial charge < -0.3 is 5.73 Å². The molecule has 0 spiro atoms. The average molecular weight is 307 g/mol. The van der Waals surface area contributed by atoms with Gasteiger partial charge in [-0.25, -0.2) is 13.7 Å². The Morgan fingerprint density at radius 2 is 2.00 bits per heavy atom. The molecule has 1 amide bonds. The maximum Gasteiger partial charge on any atom is 0.285 e. The van der Waals surface area contributed by atoms with Gasteiger partial charge in [-0.3, -0.25) is 4.79 Å². The summed E-state index contributed by atoms with van der Waals surface area (Å²) in [6.45, 7) is -0.422. The van der Waals surface area contributed by atoms with Crippen LogP contribution in [0.25, 0.3) is 0 Å². The van der Waals surface area contributed by atoms with Crippen LogP contribution in [0.5, 0.6) is 0 Å². The van der Waals surface area contributed by atoms with E-state index in [-0.39, 0.29) is 21.8 Å². The van der Waals surface area contributed by atoms with Crippen LogP contribution in [0.15, 0.2) is 41.6 Å². The van der Waals surface area contributed by atoms with Crippen molar-refractivity contribution in [3.63, 3.8) is 0 Å². The minimum atomic E-state index is -4.06. The van der Waals surface area contributed by atoms with E-state index in [1.807, 2.05) is 0 Å². The summed E-state index contributed by atoms with van der Waals surface area (Å²) in [5, 5.41) is -0.306. The molecule has 1 aromatic carbocycles. The normalized spacial score (nSPS) is 16.0. The van der Waals surface area contributed by atoms with Gasteiger partial charge in [0.25, 0.3) is 15.9 Å². The number of rotatable bonds is 2. The average Bonchev–Trinajstić information content (AvgIpc) is 2.65. The van der Waals surface area contributed by atoms with Gasteiger partial charge in [0.15, 0.2) is 10.8 Å². The first-order valence-electron chi connectivity index (χ1n) is 5.98. The van der Waals surface area contributed by atoms with E-state index in [4.69, 9.17) is 5.73 Å². The van der Waals surface area contributed by atoms with Crippen molar-refractivity contribution in [2.45, 2.75) is 11.6 Å². The van der Waals surface area contributed by atoms with Gasteiger partial charge in [0.1, 0.15) is 0 Å². The highest BCUT2D eigenvalue weighted by atomic mass is 32.2. The molecule has 0 saturated heterocycles. The molecule has 2 N–H and O–H groups in total. The molecule has 1 aromatic heterocycles. The third kappa shape index (κ3) is 1.95. The summed E-state index contributed by atoms with van der Waals surface area (Å²) < 4.78 is 39.1. The second kappa shape index (κ2) is 4.52. The molecule has 0 fully saturated rings. The molecule has 3 rings (SSSR count). The second-order valence-corrected chi connectivity index (χ2v) is 6.27. The molecular weight excluding hydrogens is 297 g/mol. The van der Waals surface area contributed by atoms with Gasteiger partial charge in [-0.1, -0.05) is 12.1 Å². The summed E-state index contributed by atoms with van der Waals surface area (Å²) in [5.74, 6) is -1.45. The number of nitrogens with two attached hydrogens (primary N) is 1. The Bertz CT molecular complexity index is 851. The second-order valence-electron chi connectivity index (χ2n) is 4.49. The summed E-state index contributed by atoms with van der Waals surface area (Å²) in [6, 6.07) is 7.07. The third-order valence-electron chi connectivity index (χ3n) is 3.19. The number of hydrogen-bond donors (Lipinski definition) is 1. The predicted molar refractivity (Wildman–Crippen MR) is 72.1 cm³/mol. The number of hydrogen-bond acceptors (Lipinski definition) is 5. The summed E-state index contributed by atoms with van der Waals surface area (Å²) >= 11 is 0. The number of amides is 1. The van der Waals surface area contributed by atoms with Gasteiger partial charge in [0, 0.05) is 11.8 Å². The molecule has 0 unspecified atom stereocenters. The van der Waals surface area contributed by atoms with Gasteiger partial charge >= 0.3 is 0 Å². The van der Waals surface area contributed by atoms with Gasteiger partial charge in [-0.2, -0.15) is 8.42 Å². The zero-order valence-corrected chi connectivity index (χ0v) is 11.5. The lowest BCUT2D eigenvalue weighted by Crippen LogP contribution is -2.30. The van der Waals surface area contributed by atoms with Crippen LogP contribution in [0.4, 0.5) is 10.1 Å². The van der Waals surface area contributed by atoms with Gasteiger partial charge in [0.05, 0.1) is 17.8 Å². The number of pyridine rings is 1. The zero-order chi connectivity index (χ0) is 15.2. The van der Waals surface area contributed by atoms with E-state index in [2.05, 4.69) is 4.98 Å². The van der Waals surface area contributed by atoms with Crippen molar-refractivity contribution < 1.29 is 17.6 Å². The lowest BCUT2D eigenvalue weighted by Gasteiger charge is -2.15. The van der Waals surface area contributed by atoms with Crippen LogP contribution in [0.3, 0.4) is 0 Å². The first-order chi connectivity index (χ1) is 9.93. The maximum absolute atomic E-state index is 13.9. The molecule has 0 atom stereocenters. The SMILES string of the molecule is Nc1cccc(CN2C(=O)c3cccnc3S2(=O)=O)c1F. The van der Waals surface area contributed by atoms with Crippen LogP contribution < -0.4 is 5.73 Å². The first-order valence-corrected chi connectivity index (χ1v) is 7.42. The number of carbonyl (C=O) groups is 1. The van der Waals surface area contributed by atoms with Gasteiger partial charge in [0.2, 0.25) is 0 Å². The molecule has 0 saturated carbocycles. The van der Waals surface area contributed by atoms with E-state index in [9.17, 15) is 17.6 Å². The van der Waals surface area contributed by atoms with Crippen LogP contribution in [-0.2, 0) is 16.6 Å². The minimum absolute atomic E-state index is 0.0122. The summed E-state index contributed by atoms with van der Waals surface area (Å²) in [7, 11) is -4.06. The lowest BCUT2D eigenvalue weighted by molar-refractivity contribution is 0.0864. The van der Waals surface area contributed by atoms with Crippen molar-refractivity contribution in [3.05, 3.63) is 53.5 Å². The van der Waals surface area contributed by atoms with E-state index < -0.39 is 28.3 Å². The van der Waals surface area contributed by atoms with Crippen LogP contribution in [0.2, 0.25) is 0 Å². The Morgan fingerprint density at radius 3 is 2.71 bits per heavy atom. The zero-order valence-electron chi connectivity index (χ0n) is 10.7. The Balaban J connectivity index is 2.06. The number of sulfonamides is 1. The van der Waals surface area contributed by atoms with Crippen molar-refractivity contribution in [2.75, 3.05) is 5.73 Å². The number of carbonyl (C=O) groups excluding carboxylic acids is 1. The molecule has 0 aliphatic carbocycles. The summed E-state index contributed by atoms with van der Waals surface area (Å²) in [6.07, 6.45) is 1.29.